The van der Waals surface area contributed by atoms with E-state index in [-0.39, 0.29) is 28.8 Å². The molecule has 0 radical (unpaired) electrons. The lowest BCUT2D eigenvalue weighted by Gasteiger charge is -2.35. The number of nitrogens with zero attached hydrogens (tertiary/aromatic N) is 4. The number of anilines is 1. The molecule has 2 N–H and O–H groups in total. The van der Waals surface area contributed by atoms with Crippen LogP contribution in [0.3, 0.4) is 0 Å². The van der Waals surface area contributed by atoms with Crippen LogP contribution in [0.5, 0.6) is 0 Å². The first-order valence-corrected chi connectivity index (χ1v) is 8.70. The smallest absolute Gasteiger partial charge is 0.292 e. The van der Waals surface area contributed by atoms with E-state index in [0.717, 1.165) is 0 Å². The minimum absolute atomic E-state index is 0.0336. The average Bonchev–Trinajstić information content (AvgIpc) is 2.63. The number of nitrogen functional groups attached to an aromatic ring is 1. The summed E-state index contributed by atoms with van der Waals surface area (Å²) in [5.74, 6) is -0.174. The van der Waals surface area contributed by atoms with Gasteiger partial charge in [0, 0.05) is 50.9 Å². The molecule has 1 aromatic rings. The van der Waals surface area contributed by atoms with E-state index in [1.54, 1.807) is 9.80 Å². The predicted molar refractivity (Wildman–Crippen MR) is 97.8 cm³/mol. The fraction of sp³-hybridized carbons (Fsp3) is 0.529. The molecular formula is C17H25N5O4. The molecule has 0 atom stereocenters. The molecule has 1 aromatic carbocycles. The maximum atomic E-state index is 12.6. The van der Waals surface area contributed by atoms with Crippen molar-refractivity contribution in [2.45, 2.75) is 13.8 Å². The summed E-state index contributed by atoms with van der Waals surface area (Å²) in [5, 5.41) is 11.0. The Morgan fingerprint density at radius 2 is 1.81 bits per heavy atom. The molecule has 142 valence electrons. The van der Waals surface area contributed by atoms with Gasteiger partial charge in [0.1, 0.15) is 5.69 Å². The average molecular weight is 363 g/mol. The number of nitrogens with two attached hydrogens (primary N) is 1. The molecule has 0 aromatic heterocycles. The maximum Gasteiger partial charge on any atom is 0.292 e. The highest BCUT2D eigenvalue weighted by atomic mass is 16.6. The zero-order valence-corrected chi connectivity index (χ0v) is 15.2. The van der Waals surface area contributed by atoms with Crippen LogP contribution in [0.2, 0.25) is 0 Å². The Balaban J connectivity index is 1.95. The molecule has 1 saturated heterocycles. The number of hydrogen-bond donors (Lipinski definition) is 1. The fourth-order valence-electron chi connectivity index (χ4n) is 2.99. The Hall–Kier alpha value is -2.68. The Morgan fingerprint density at radius 3 is 2.35 bits per heavy atom. The Kier molecular flexibility index (Phi) is 6.51. The lowest BCUT2D eigenvalue weighted by atomic mass is 10.1. The molecule has 2 rings (SSSR count). The zero-order chi connectivity index (χ0) is 19.3. The molecule has 0 spiro atoms. The van der Waals surface area contributed by atoms with Crippen molar-refractivity contribution in [3.63, 3.8) is 0 Å². The maximum absolute atomic E-state index is 12.6. The van der Waals surface area contributed by atoms with Gasteiger partial charge in [-0.05, 0) is 26.0 Å². The second kappa shape index (κ2) is 8.61. The van der Waals surface area contributed by atoms with Gasteiger partial charge in [0.2, 0.25) is 5.91 Å². The first kappa shape index (κ1) is 19.6. The first-order valence-electron chi connectivity index (χ1n) is 8.70. The van der Waals surface area contributed by atoms with Crippen molar-refractivity contribution in [3.05, 3.63) is 33.9 Å². The summed E-state index contributed by atoms with van der Waals surface area (Å²) in [6.45, 7) is 7.74. The topological polar surface area (TPSA) is 113 Å². The number of amides is 2. The van der Waals surface area contributed by atoms with Crippen LogP contribution in [0.1, 0.15) is 24.2 Å². The molecule has 1 aliphatic heterocycles. The third-order valence-electron chi connectivity index (χ3n) is 4.61. The molecular weight excluding hydrogens is 338 g/mol. The van der Waals surface area contributed by atoms with Crippen LogP contribution in [0.15, 0.2) is 18.2 Å². The van der Waals surface area contributed by atoms with E-state index in [2.05, 4.69) is 0 Å². The lowest BCUT2D eigenvalue weighted by molar-refractivity contribution is -0.383. The number of benzene rings is 1. The molecule has 0 unspecified atom stereocenters. The van der Waals surface area contributed by atoms with Crippen LogP contribution in [0, 0.1) is 10.1 Å². The van der Waals surface area contributed by atoms with Crippen molar-refractivity contribution in [2.24, 2.45) is 0 Å². The van der Waals surface area contributed by atoms with E-state index in [1.165, 1.54) is 18.2 Å². The number of rotatable bonds is 6. The zero-order valence-electron chi connectivity index (χ0n) is 15.2. The fourth-order valence-corrected chi connectivity index (χ4v) is 2.99. The number of piperazine rings is 1. The van der Waals surface area contributed by atoms with E-state index in [1.807, 2.05) is 18.7 Å². The van der Waals surface area contributed by atoms with Gasteiger partial charge in [-0.15, -0.1) is 0 Å². The van der Waals surface area contributed by atoms with E-state index in [4.69, 9.17) is 5.73 Å². The number of nitro groups is 1. The van der Waals surface area contributed by atoms with Crippen LogP contribution < -0.4 is 5.73 Å². The SMILES string of the molecule is CCN(CC)C(=O)CN1CCN(C(=O)c2ccc(N)c([N+](=O)[O-])c2)CC1. The summed E-state index contributed by atoms with van der Waals surface area (Å²) < 4.78 is 0. The van der Waals surface area contributed by atoms with Gasteiger partial charge >= 0.3 is 0 Å². The number of carbonyl (C=O) groups is 2. The van der Waals surface area contributed by atoms with Crippen molar-refractivity contribution in [1.29, 1.82) is 0 Å². The normalized spacial score (nSPS) is 14.9. The highest BCUT2D eigenvalue weighted by Gasteiger charge is 2.25. The Labute approximate surface area is 152 Å². The van der Waals surface area contributed by atoms with Crippen LogP contribution in [-0.4, -0.2) is 77.3 Å². The Morgan fingerprint density at radius 1 is 1.19 bits per heavy atom. The third kappa shape index (κ3) is 4.48. The minimum atomic E-state index is -0.594. The van der Waals surface area contributed by atoms with Gasteiger partial charge in [-0.3, -0.25) is 24.6 Å². The van der Waals surface area contributed by atoms with Gasteiger partial charge in [0.25, 0.3) is 11.6 Å². The molecule has 0 aliphatic carbocycles. The second-order valence-electron chi connectivity index (χ2n) is 6.17. The van der Waals surface area contributed by atoms with Gasteiger partial charge < -0.3 is 15.5 Å². The summed E-state index contributed by atoms with van der Waals surface area (Å²) >= 11 is 0. The van der Waals surface area contributed by atoms with Crippen molar-refractivity contribution >= 4 is 23.2 Å². The molecule has 1 aliphatic rings. The molecule has 1 fully saturated rings. The summed E-state index contributed by atoms with van der Waals surface area (Å²) in [5.41, 5.74) is 5.59. The summed E-state index contributed by atoms with van der Waals surface area (Å²) in [6, 6.07) is 4.10. The van der Waals surface area contributed by atoms with Crippen molar-refractivity contribution in [3.8, 4) is 0 Å². The Bertz CT molecular complexity index is 682. The van der Waals surface area contributed by atoms with Crippen LogP contribution in [-0.2, 0) is 4.79 Å². The van der Waals surface area contributed by atoms with Crippen molar-refractivity contribution in [2.75, 3.05) is 51.5 Å². The molecule has 2 amide bonds. The third-order valence-corrected chi connectivity index (χ3v) is 4.61. The minimum Gasteiger partial charge on any atom is -0.393 e. The second-order valence-corrected chi connectivity index (χ2v) is 6.17. The van der Waals surface area contributed by atoms with Gasteiger partial charge in [-0.1, -0.05) is 0 Å². The highest BCUT2D eigenvalue weighted by molar-refractivity contribution is 5.95. The summed E-state index contributed by atoms with van der Waals surface area (Å²) in [6.07, 6.45) is 0. The van der Waals surface area contributed by atoms with E-state index >= 15 is 0 Å². The molecule has 26 heavy (non-hydrogen) atoms. The summed E-state index contributed by atoms with van der Waals surface area (Å²) in [4.78, 5) is 40.6. The van der Waals surface area contributed by atoms with Crippen LogP contribution in [0.4, 0.5) is 11.4 Å². The molecule has 1 heterocycles. The predicted octanol–water partition coefficient (Wildman–Crippen LogP) is 0.803. The highest BCUT2D eigenvalue weighted by Crippen LogP contribution is 2.23. The van der Waals surface area contributed by atoms with Crippen LogP contribution >= 0.6 is 0 Å². The molecule has 9 nitrogen and oxygen atoms in total. The number of nitro benzene ring substituents is 1. The largest absolute Gasteiger partial charge is 0.393 e. The van der Waals surface area contributed by atoms with Crippen LogP contribution in [0.25, 0.3) is 0 Å². The molecule has 9 heteroatoms. The first-order chi connectivity index (χ1) is 12.4. The quantitative estimate of drug-likeness (QED) is 0.454. The van der Waals surface area contributed by atoms with E-state index < -0.39 is 4.92 Å². The monoisotopic (exact) mass is 363 g/mol. The number of hydrogen-bond acceptors (Lipinski definition) is 6. The number of likely N-dealkylation sites (N-methyl/N-ethyl adjacent to an activating group) is 1. The van der Waals surface area contributed by atoms with Crippen molar-refractivity contribution < 1.29 is 14.5 Å². The van der Waals surface area contributed by atoms with Crippen molar-refractivity contribution in [1.82, 2.24) is 14.7 Å². The van der Waals surface area contributed by atoms with E-state index in [9.17, 15) is 19.7 Å². The van der Waals surface area contributed by atoms with Gasteiger partial charge in [-0.25, -0.2) is 0 Å². The standard InChI is InChI=1S/C17H25N5O4/c1-3-20(4-2)16(23)12-19-7-9-21(10-8-19)17(24)13-5-6-14(18)15(11-13)22(25)26/h5-6,11H,3-4,7-10,12,18H2,1-2H3. The van der Waals surface area contributed by atoms with Gasteiger partial charge in [-0.2, -0.15) is 0 Å². The van der Waals surface area contributed by atoms with Gasteiger partial charge in [0.15, 0.2) is 0 Å². The van der Waals surface area contributed by atoms with E-state index in [0.29, 0.717) is 45.8 Å². The molecule has 0 bridgehead atoms. The van der Waals surface area contributed by atoms with Gasteiger partial charge in [0.05, 0.1) is 11.5 Å². The number of carbonyl (C=O) groups excluding carboxylic acids is 2. The lowest BCUT2D eigenvalue weighted by Crippen LogP contribution is -2.51. The molecule has 0 saturated carbocycles. The summed E-state index contributed by atoms with van der Waals surface area (Å²) in [7, 11) is 0.